The van der Waals surface area contributed by atoms with Crippen molar-refractivity contribution in [2.75, 3.05) is 5.32 Å². The number of halogens is 1. The summed E-state index contributed by atoms with van der Waals surface area (Å²) in [5.41, 5.74) is 1.65. The van der Waals surface area contributed by atoms with Gasteiger partial charge < -0.3 is 5.32 Å². The molecule has 122 valence electrons. The van der Waals surface area contributed by atoms with Crippen LogP contribution in [0.15, 0.2) is 53.5 Å². The lowest BCUT2D eigenvalue weighted by Crippen LogP contribution is -2.23. The molecule has 24 heavy (non-hydrogen) atoms. The van der Waals surface area contributed by atoms with Gasteiger partial charge in [0.1, 0.15) is 10.8 Å². The van der Waals surface area contributed by atoms with E-state index in [1.54, 1.807) is 18.7 Å². The average Bonchev–Trinajstić information content (AvgIpc) is 2.79. The van der Waals surface area contributed by atoms with E-state index in [2.05, 4.69) is 10.3 Å². The van der Waals surface area contributed by atoms with Crippen LogP contribution in [0.1, 0.15) is 16.1 Å². The molecule has 3 rings (SSSR count). The van der Waals surface area contributed by atoms with Crippen molar-refractivity contribution in [1.29, 1.82) is 0 Å². The minimum absolute atomic E-state index is 0.217. The Kier molecular flexibility index (Phi) is 4.22. The number of hydrogen-bond donors (Lipinski definition) is 1. The maximum Gasteiger partial charge on any atom is 0.295 e. The van der Waals surface area contributed by atoms with Crippen molar-refractivity contribution < 1.29 is 4.79 Å². The molecule has 0 aliphatic rings. The lowest BCUT2D eigenvalue weighted by atomic mass is 10.2. The molecule has 0 saturated carbocycles. The van der Waals surface area contributed by atoms with Crippen molar-refractivity contribution in [3.63, 3.8) is 0 Å². The van der Waals surface area contributed by atoms with E-state index in [0.29, 0.717) is 11.3 Å². The molecule has 1 amide bonds. The molecule has 0 saturated heterocycles. The fourth-order valence-electron chi connectivity index (χ4n) is 2.44. The van der Waals surface area contributed by atoms with Crippen LogP contribution in [-0.4, -0.2) is 20.3 Å². The zero-order valence-electron chi connectivity index (χ0n) is 13.2. The number of pyridine rings is 1. The first-order valence-electron chi connectivity index (χ1n) is 7.26. The molecule has 7 heteroatoms. The van der Waals surface area contributed by atoms with Gasteiger partial charge in [0.15, 0.2) is 0 Å². The molecule has 3 aromatic rings. The van der Waals surface area contributed by atoms with E-state index in [1.807, 2.05) is 30.3 Å². The molecule has 2 aromatic heterocycles. The largest absolute Gasteiger partial charge is 0.316 e. The highest BCUT2D eigenvalue weighted by Gasteiger charge is 2.18. The molecule has 0 spiro atoms. The summed E-state index contributed by atoms with van der Waals surface area (Å²) in [6.07, 6.45) is 1.44. The SMILES string of the molecule is Cc1c(NC(=O)c2ccnc(Cl)c2)c(=O)n(-c2ccccc2)n1C. The second kappa shape index (κ2) is 6.33. The van der Waals surface area contributed by atoms with Gasteiger partial charge in [0.2, 0.25) is 0 Å². The van der Waals surface area contributed by atoms with Crippen LogP contribution in [0.4, 0.5) is 5.69 Å². The highest BCUT2D eigenvalue weighted by Crippen LogP contribution is 2.15. The number of amides is 1. The topological polar surface area (TPSA) is 68.9 Å². The molecule has 0 fully saturated rings. The highest BCUT2D eigenvalue weighted by molar-refractivity contribution is 6.29. The predicted octanol–water partition coefficient (Wildman–Crippen LogP) is 2.79. The number of carbonyl (C=O) groups excluding carboxylic acids is 1. The van der Waals surface area contributed by atoms with Crippen LogP contribution in [0, 0.1) is 6.92 Å². The normalized spacial score (nSPS) is 10.6. The van der Waals surface area contributed by atoms with Crippen molar-refractivity contribution in [1.82, 2.24) is 14.3 Å². The summed E-state index contributed by atoms with van der Waals surface area (Å²) >= 11 is 5.80. The van der Waals surface area contributed by atoms with Crippen LogP contribution in [0.5, 0.6) is 0 Å². The Labute approximate surface area is 143 Å². The molecule has 0 aliphatic heterocycles. The number of para-hydroxylation sites is 1. The molecule has 0 atom stereocenters. The summed E-state index contributed by atoms with van der Waals surface area (Å²) < 4.78 is 3.21. The summed E-state index contributed by atoms with van der Waals surface area (Å²) in [6.45, 7) is 1.77. The Morgan fingerprint density at radius 1 is 1.21 bits per heavy atom. The first-order valence-corrected chi connectivity index (χ1v) is 7.64. The fourth-order valence-corrected chi connectivity index (χ4v) is 2.62. The minimum Gasteiger partial charge on any atom is -0.316 e. The van der Waals surface area contributed by atoms with E-state index < -0.39 is 5.91 Å². The molecule has 1 aromatic carbocycles. The maximum atomic E-state index is 12.7. The highest BCUT2D eigenvalue weighted by atomic mass is 35.5. The summed E-state index contributed by atoms with van der Waals surface area (Å²) in [5.74, 6) is -0.412. The number of anilines is 1. The Bertz CT molecular complexity index is 960. The van der Waals surface area contributed by atoms with Gasteiger partial charge in [-0.1, -0.05) is 29.8 Å². The fraction of sp³-hybridized carbons (Fsp3) is 0.118. The van der Waals surface area contributed by atoms with E-state index in [9.17, 15) is 9.59 Å². The van der Waals surface area contributed by atoms with Crippen molar-refractivity contribution in [2.45, 2.75) is 6.92 Å². The van der Waals surface area contributed by atoms with Gasteiger partial charge in [-0.25, -0.2) is 9.67 Å². The van der Waals surface area contributed by atoms with Gasteiger partial charge in [0.05, 0.1) is 11.4 Å². The molecule has 0 radical (unpaired) electrons. The van der Waals surface area contributed by atoms with Gasteiger partial charge in [-0.2, -0.15) is 0 Å². The molecule has 0 bridgehead atoms. The molecule has 6 nitrogen and oxygen atoms in total. The van der Waals surface area contributed by atoms with Crippen LogP contribution >= 0.6 is 11.6 Å². The van der Waals surface area contributed by atoms with E-state index >= 15 is 0 Å². The van der Waals surface area contributed by atoms with Gasteiger partial charge in [-0.05, 0) is 31.2 Å². The smallest absolute Gasteiger partial charge is 0.295 e. The number of hydrogen-bond acceptors (Lipinski definition) is 3. The van der Waals surface area contributed by atoms with Crippen molar-refractivity contribution in [3.8, 4) is 5.69 Å². The number of aromatic nitrogens is 3. The van der Waals surface area contributed by atoms with Crippen molar-refractivity contribution >= 4 is 23.2 Å². The van der Waals surface area contributed by atoms with Crippen LogP contribution < -0.4 is 10.9 Å². The third-order valence-corrected chi connectivity index (χ3v) is 3.99. The van der Waals surface area contributed by atoms with E-state index in [1.165, 1.54) is 23.0 Å². The third-order valence-electron chi connectivity index (χ3n) is 3.78. The van der Waals surface area contributed by atoms with Crippen LogP contribution in [0.2, 0.25) is 5.15 Å². The number of carbonyl (C=O) groups is 1. The molecule has 2 heterocycles. The molecule has 0 unspecified atom stereocenters. The van der Waals surface area contributed by atoms with Gasteiger partial charge in [-0.15, -0.1) is 0 Å². The van der Waals surface area contributed by atoms with Gasteiger partial charge >= 0.3 is 0 Å². The van der Waals surface area contributed by atoms with Crippen molar-refractivity contribution in [2.24, 2.45) is 7.05 Å². The summed E-state index contributed by atoms with van der Waals surface area (Å²) in [5, 5.41) is 2.89. The van der Waals surface area contributed by atoms with E-state index in [0.717, 1.165) is 5.69 Å². The zero-order valence-corrected chi connectivity index (χ0v) is 13.9. The molecular formula is C17H15ClN4O2. The van der Waals surface area contributed by atoms with E-state index in [-0.39, 0.29) is 16.4 Å². The number of nitrogens with one attached hydrogen (secondary N) is 1. The Hall–Kier alpha value is -2.86. The quantitative estimate of drug-likeness (QED) is 0.744. The van der Waals surface area contributed by atoms with Crippen LogP contribution in [0.3, 0.4) is 0 Å². The monoisotopic (exact) mass is 342 g/mol. The van der Waals surface area contributed by atoms with Crippen LogP contribution in [0.25, 0.3) is 5.69 Å². The van der Waals surface area contributed by atoms with Gasteiger partial charge in [0.25, 0.3) is 11.5 Å². The standard InChI is InChI=1S/C17H15ClN4O2/c1-11-15(20-16(23)12-8-9-19-14(18)10-12)17(24)22(21(11)2)13-6-4-3-5-7-13/h3-10H,1-2H3,(H,20,23). The Morgan fingerprint density at radius 3 is 2.58 bits per heavy atom. The van der Waals surface area contributed by atoms with Gasteiger partial charge in [-0.3, -0.25) is 14.3 Å². The summed E-state index contributed by atoms with van der Waals surface area (Å²) in [6, 6.07) is 12.2. The number of benzene rings is 1. The number of nitrogens with zero attached hydrogens (tertiary/aromatic N) is 3. The maximum absolute atomic E-state index is 12.7. The van der Waals surface area contributed by atoms with Crippen LogP contribution in [-0.2, 0) is 7.05 Å². The molecule has 1 N–H and O–H groups in total. The average molecular weight is 343 g/mol. The van der Waals surface area contributed by atoms with Gasteiger partial charge in [0, 0.05) is 18.8 Å². The summed E-state index contributed by atoms with van der Waals surface area (Å²) in [4.78, 5) is 28.9. The molecule has 0 aliphatic carbocycles. The molecular weight excluding hydrogens is 328 g/mol. The summed E-state index contributed by atoms with van der Waals surface area (Å²) in [7, 11) is 1.77. The first kappa shape index (κ1) is 16.0. The minimum atomic E-state index is -0.412. The lowest BCUT2D eigenvalue weighted by Gasteiger charge is -2.07. The van der Waals surface area contributed by atoms with E-state index in [4.69, 9.17) is 11.6 Å². The third kappa shape index (κ3) is 2.83. The Morgan fingerprint density at radius 2 is 1.92 bits per heavy atom. The second-order valence-electron chi connectivity index (χ2n) is 5.26. The number of rotatable bonds is 3. The Balaban J connectivity index is 2.01. The second-order valence-corrected chi connectivity index (χ2v) is 5.65. The zero-order chi connectivity index (χ0) is 17.3. The van der Waals surface area contributed by atoms with Crippen molar-refractivity contribution in [3.05, 3.63) is 75.4 Å². The predicted molar refractivity (Wildman–Crippen MR) is 92.9 cm³/mol. The first-order chi connectivity index (χ1) is 11.5. The lowest BCUT2D eigenvalue weighted by molar-refractivity contribution is 0.102.